The molecule has 12 nitrogen and oxygen atoms in total. The number of hydrogen-bond acceptors (Lipinski definition) is 11. The number of nitrogens with zero attached hydrogens (tertiary/aromatic N) is 1. The standard InChI is InChI=1S/C56H64N4O8/c1-2-60(31-34-66-49-23-18-46(19-24-49)56(63)54-50-25-22-48(62)38-51(50)59-55(54)45-16-20-47(61)21-17-45)30-10-9-27-57-28-32-64-35-36-65-33-29-58-39-44-15-26-52(67-40-42-11-5-3-6-12-42)53(37-44)68-41-43-13-7-4-8-14-43/h3-8,11-26,37-38,57-59,61-62H,2,9-10,27-36,39-41H2,1H3. The summed E-state index contributed by atoms with van der Waals surface area (Å²) in [7, 11) is 0. The van der Waals surface area contributed by atoms with Crippen LogP contribution in [-0.4, -0.2) is 98.2 Å². The van der Waals surface area contributed by atoms with E-state index in [-0.39, 0.29) is 17.3 Å². The first-order valence-electron chi connectivity index (χ1n) is 23.6. The first-order valence-corrected chi connectivity index (χ1v) is 23.6. The first-order chi connectivity index (χ1) is 33.4. The molecule has 0 unspecified atom stereocenters. The molecule has 5 N–H and O–H groups in total. The Hall–Kier alpha value is -6.67. The summed E-state index contributed by atoms with van der Waals surface area (Å²) in [6, 6.07) is 45.2. The molecular weight excluding hydrogens is 857 g/mol. The highest BCUT2D eigenvalue weighted by Gasteiger charge is 2.22. The number of hydrogen-bond donors (Lipinski definition) is 5. The average Bonchev–Trinajstić information content (AvgIpc) is 3.75. The molecule has 6 aromatic carbocycles. The fourth-order valence-electron chi connectivity index (χ4n) is 7.75. The van der Waals surface area contributed by atoms with Crippen LogP contribution in [0.15, 0.2) is 146 Å². The molecule has 0 saturated carbocycles. The molecular formula is C56H64N4O8. The number of ether oxygens (including phenoxy) is 5. The zero-order valence-electron chi connectivity index (χ0n) is 39.0. The lowest BCUT2D eigenvalue weighted by molar-refractivity contribution is 0.0498. The molecule has 7 rings (SSSR count). The van der Waals surface area contributed by atoms with Crippen LogP contribution >= 0.6 is 0 Å². The van der Waals surface area contributed by atoms with Gasteiger partial charge in [-0.05, 0) is 128 Å². The average molecular weight is 921 g/mol. The number of aromatic nitrogens is 1. The Balaban J connectivity index is 0.711. The minimum atomic E-state index is -0.150. The van der Waals surface area contributed by atoms with Gasteiger partial charge in [0, 0.05) is 43.2 Å². The molecule has 0 aliphatic heterocycles. The van der Waals surface area contributed by atoms with Gasteiger partial charge in [0.25, 0.3) is 0 Å². The van der Waals surface area contributed by atoms with Gasteiger partial charge in [-0.1, -0.05) is 73.7 Å². The normalized spacial score (nSPS) is 11.3. The van der Waals surface area contributed by atoms with E-state index in [4.69, 9.17) is 23.7 Å². The van der Waals surface area contributed by atoms with Gasteiger partial charge in [0.05, 0.1) is 43.2 Å². The molecule has 0 bridgehead atoms. The lowest BCUT2D eigenvalue weighted by atomic mass is 9.97. The highest BCUT2D eigenvalue weighted by atomic mass is 16.5. The van der Waals surface area contributed by atoms with E-state index >= 15 is 0 Å². The van der Waals surface area contributed by atoms with Crippen molar-refractivity contribution in [2.45, 2.75) is 39.5 Å². The van der Waals surface area contributed by atoms with Gasteiger partial charge in [0.15, 0.2) is 17.3 Å². The number of phenolic OH excluding ortho intramolecular Hbond substituents is 2. The molecule has 0 atom stereocenters. The Morgan fingerprint density at radius 1 is 0.588 bits per heavy atom. The van der Waals surface area contributed by atoms with Crippen LogP contribution in [-0.2, 0) is 29.2 Å². The zero-order valence-corrected chi connectivity index (χ0v) is 39.0. The summed E-state index contributed by atoms with van der Waals surface area (Å²) in [4.78, 5) is 19.6. The van der Waals surface area contributed by atoms with Gasteiger partial charge in [0.1, 0.15) is 37.1 Å². The number of fused-ring (bicyclic) bond motifs is 1. The van der Waals surface area contributed by atoms with E-state index in [0.717, 1.165) is 85.9 Å². The second-order valence-corrected chi connectivity index (χ2v) is 16.5. The Labute approximate surface area is 399 Å². The lowest BCUT2D eigenvalue weighted by Crippen LogP contribution is -2.30. The third-order valence-corrected chi connectivity index (χ3v) is 11.5. The maximum absolute atomic E-state index is 13.9. The number of aromatic amines is 1. The quantitative estimate of drug-likeness (QED) is 0.0217. The number of unbranched alkanes of at least 4 members (excludes halogenated alkanes) is 1. The molecule has 7 aromatic rings. The maximum Gasteiger partial charge on any atom is 0.195 e. The number of benzene rings is 6. The van der Waals surface area contributed by atoms with E-state index in [0.29, 0.717) is 86.3 Å². The number of H-pyrrole nitrogens is 1. The fraction of sp³-hybridized carbons (Fsp3) is 0.304. The third kappa shape index (κ3) is 15.2. The summed E-state index contributed by atoms with van der Waals surface area (Å²) in [5, 5.41) is 27.5. The smallest absolute Gasteiger partial charge is 0.195 e. The van der Waals surface area contributed by atoms with Gasteiger partial charge in [-0.2, -0.15) is 0 Å². The van der Waals surface area contributed by atoms with Gasteiger partial charge in [-0.25, -0.2) is 0 Å². The molecule has 0 spiro atoms. The van der Waals surface area contributed by atoms with Crippen molar-refractivity contribution in [1.82, 2.24) is 20.5 Å². The molecule has 0 amide bonds. The van der Waals surface area contributed by atoms with E-state index < -0.39 is 0 Å². The molecule has 1 aromatic heterocycles. The number of phenols is 2. The molecule has 0 saturated heterocycles. The van der Waals surface area contributed by atoms with Crippen LogP contribution in [0.4, 0.5) is 0 Å². The number of carbonyl (C=O) groups is 1. The van der Waals surface area contributed by atoms with Crippen LogP contribution in [0, 0.1) is 0 Å². The highest BCUT2D eigenvalue weighted by Crippen LogP contribution is 2.35. The van der Waals surface area contributed by atoms with E-state index in [9.17, 15) is 15.0 Å². The van der Waals surface area contributed by atoms with Gasteiger partial charge in [-0.15, -0.1) is 0 Å². The van der Waals surface area contributed by atoms with E-state index in [2.05, 4.69) is 57.8 Å². The van der Waals surface area contributed by atoms with Crippen molar-refractivity contribution in [3.8, 4) is 40.0 Å². The van der Waals surface area contributed by atoms with Crippen molar-refractivity contribution < 1.29 is 38.7 Å². The number of rotatable bonds is 30. The number of nitrogens with one attached hydrogen (secondary N) is 3. The summed E-state index contributed by atoms with van der Waals surface area (Å²) in [6.07, 6.45) is 2.15. The Bertz CT molecular complexity index is 2570. The fourth-order valence-corrected chi connectivity index (χ4v) is 7.75. The second kappa shape index (κ2) is 26.6. The van der Waals surface area contributed by atoms with Crippen LogP contribution in [0.3, 0.4) is 0 Å². The lowest BCUT2D eigenvalue weighted by Gasteiger charge is -2.20. The Kier molecular flexibility index (Phi) is 19.3. The maximum atomic E-state index is 13.9. The molecule has 0 radical (unpaired) electrons. The minimum Gasteiger partial charge on any atom is -0.508 e. The zero-order chi connectivity index (χ0) is 47.2. The SMILES string of the molecule is CCN(CCCCNCCOCCOCCNCc1ccc(OCc2ccccc2)c(OCc2ccccc2)c1)CCOc1ccc(C(=O)c2c(-c3ccc(O)cc3)[nH]c3cc(O)ccc23)cc1. The van der Waals surface area contributed by atoms with Gasteiger partial charge in [0.2, 0.25) is 0 Å². The van der Waals surface area contributed by atoms with Crippen molar-refractivity contribution in [3.05, 3.63) is 173 Å². The molecule has 356 valence electrons. The second-order valence-electron chi connectivity index (χ2n) is 16.5. The van der Waals surface area contributed by atoms with E-state index in [1.165, 1.54) is 0 Å². The monoisotopic (exact) mass is 920 g/mol. The topological polar surface area (TPSA) is 147 Å². The molecule has 0 aliphatic rings. The Morgan fingerprint density at radius 2 is 1.25 bits per heavy atom. The van der Waals surface area contributed by atoms with Crippen LogP contribution < -0.4 is 24.8 Å². The van der Waals surface area contributed by atoms with Crippen LogP contribution in [0.5, 0.6) is 28.7 Å². The van der Waals surface area contributed by atoms with Crippen molar-refractivity contribution in [3.63, 3.8) is 0 Å². The van der Waals surface area contributed by atoms with Crippen molar-refractivity contribution in [2.75, 3.05) is 72.3 Å². The summed E-state index contributed by atoms with van der Waals surface area (Å²) in [5.41, 5.74) is 6.37. The summed E-state index contributed by atoms with van der Waals surface area (Å²) in [6.45, 7) is 11.9. The predicted molar refractivity (Wildman–Crippen MR) is 268 cm³/mol. The van der Waals surface area contributed by atoms with Crippen molar-refractivity contribution in [2.24, 2.45) is 0 Å². The van der Waals surface area contributed by atoms with Crippen LogP contribution in [0.1, 0.15) is 52.4 Å². The number of aromatic hydroxyl groups is 2. The van der Waals surface area contributed by atoms with Gasteiger partial charge >= 0.3 is 0 Å². The highest BCUT2D eigenvalue weighted by molar-refractivity contribution is 6.20. The summed E-state index contributed by atoms with van der Waals surface area (Å²) >= 11 is 0. The third-order valence-electron chi connectivity index (χ3n) is 11.5. The molecule has 0 fully saturated rings. The molecule has 12 heteroatoms. The van der Waals surface area contributed by atoms with Crippen LogP contribution in [0.2, 0.25) is 0 Å². The van der Waals surface area contributed by atoms with Crippen molar-refractivity contribution >= 4 is 16.7 Å². The minimum absolute atomic E-state index is 0.105. The van der Waals surface area contributed by atoms with Crippen LogP contribution in [0.25, 0.3) is 22.2 Å². The molecule has 1 heterocycles. The summed E-state index contributed by atoms with van der Waals surface area (Å²) < 4.78 is 30.0. The summed E-state index contributed by atoms with van der Waals surface area (Å²) in [5.74, 6) is 2.24. The van der Waals surface area contributed by atoms with E-state index in [1.54, 1.807) is 54.6 Å². The number of carbonyl (C=O) groups excluding carboxylic acids is 1. The molecule has 68 heavy (non-hydrogen) atoms. The van der Waals surface area contributed by atoms with Crippen molar-refractivity contribution in [1.29, 1.82) is 0 Å². The van der Waals surface area contributed by atoms with Gasteiger partial charge < -0.3 is 54.4 Å². The van der Waals surface area contributed by atoms with E-state index in [1.807, 2.05) is 60.7 Å². The largest absolute Gasteiger partial charge is 0.508 e. The Morgan fingerprint density at radius 3 is 1.94 bits per heavy atom. The first kappa shape index (κ1) is 49.2. The van der Waals surface area contributed by atoms with Gasteiger partial charge in [-0.3, -0.25) is 4.79 Å². The molecule has 0 aliphatic carbocycles. The number of likely N-dealkylation sites (N-methyl/N-ethyl adjacent to an activating group) is 1. The number of ketones is 1. The predicted octanol–water partition coefficient (Wildman–Crippen LogP) is 9.53.